The average Bonchev–Trinajstić information content (AvgIpc) is 2.70. The lowest BCUT2D eigenvalue weighted by molar-refractivity contribution is -0.116. The van der Waals surface area contributed by atoms with Crippen LogP contribution in [0.4, 0.5) is 4.79 Å². The Bertz CT molecular complexity index is 468. The van der Waals surface area contributed by atoms with E-state index >= 15 is 0 Å². The Labute approximate surface area is 100 Å². The van der Waals surface area contributed by atoms with E-state index in [0.29, 0.717) is 18.7 Å². The molecule has 4 nitrogen and oxygen atoms in total. The van der Waals surface area contributed by atoms with Gasteiger partial charge in [-0.2, -0.15) is 0 Å². The molecule has 0 N–H and O–H groups in total. The number of hydrogen-bond donors (Lipinski definition) is 0. The van der Waals surface area contributed by atoms with Gasteiger partial charge in [-0.05, 0) is 31.0 Å². The number of hydrogen-bond acceptors (Lipinski definition) is 3. The van der Waals surface area contributed by atoms with Crippen LogP contribution in [0, 0.1) is 13.8 Å². The number of rotatable bonds is 1. The summed E-state index contributed by atoms with van der Waals surface area (Å²) in [5, 5.41) is 0. The number of carbonyl (C=O) groups is 2. The lowest BCUT2D eigenvalue weighted by Gasteiger charge is -2.15. The third-order valence-electron chi connectivity index (χ3n) is 2.83. The smallest absolute Gasteiger partial charge is 0.410 e. The first-order valence-corrected chi connectivity index (χ1v) is 5.62. The van der Waals surface area contributed by atoms with Crippen molar-refractivity contribution in [3.8, 4) is 5.75 Å². The summed E-state index contributed by atoms with van der Waals surface area (Å²) in [5.41, 5.74) is 1.95. The third kappa shape index (κ3) is 2.64. The topological polar surface area (TPSA) is 46.6 Å². The van der Waals surface area contributed by atoms with Gasteiger partial charge in [-0.15, -0.1) is 0 Å². The summed E-state index contributed by atoms with van der Waals surface area (Å²) in [6.45, 7) is 4.46. The van der Waals surface area contributed by atoms with Crippen molar-refractivity contribution in [2.75, 3.05) is 13.1 Å². The second-order valence-corrected chi connectivity index (χ2v) is 4.35. The highest BCUT2D eigenvalue weighted by Crippen LogP contribution is 2.20. The van der Waals surface area contributed by atoms with Crippen LogP contribution in [0.3, 0.4) is 0 Å². The zero-order chi connectivity index (χ0) is 12.4. The van der Waals surface area contributed by atoms with Crippen LogP contribution in [0.2, 0.25) is 0 Å². The van der Waals surface area contributed by atoms with Crippen molar-refractivity contribution in [1.29, 1.82) is 0 Å². The molecule has 90 valence electrons. The molecule has 0 bridgehead atoms. The van der Waals surface area contributed by atoms with E-state index in [1.807, 2.05) is 32.0 Å². The number of aryl methyl sites for hydroxylation is 2. The number of benzene rings is 1. The molecule has 0 atom stereocenters. The van der Waals surface area contributed by atoms with Crippen LogP contribution in [0.5, 0.6) is 5.75 Å². The minimum Gasteiger partial charge on any atom is -0.410 e. The first-order chi connectivity index (χ1) is 8.06. The maximum absolute atomic E-state index is 11.8. The molecular formula is C13H15NO3. The Hall–Kier alpha value is -1.84. The third-order valence-corrected chi connectivity index (χ3v) is 2.83. The maximum atomic E-state index is 11.8. The molecule has 1 amide bonds. The van der Waals surface area contributed by atoms with Crippen LogP contribution < -0.4 is 4.74 Å². The molecule has 1 aliphatic heterocycles. The van der Waals surface area contributed by atoms with Crippen molar-refractivity contribution in [2.45, 2.75) is 20.3 Å². The summed E-state index contributed by atoms with van der Waals surface area (Å²) < 4.78 is 5.29. The van der Waals surface area contributed by atoms with Crippen molar-refractivity contribution < 1.29 is 14.3 Å². The molecule has 1 heterocycles. The van der Waals surface area contributed by atoms with E-state index in [1.54, 1.807) is 0 Å². The van der Waals surface area contributed by atoms with Crippen molar-refractivity contribution in [1.82, 2.24) is 4.90 Å². The van der Waals surface area contributed by atoms with E-state index in [2.05, 4.69) is 0 Å². The normalized spacial score (nSPS) is 15.2. The molecule has 2 rings (SSSR count). The second kappa shape index (κ2) is 4.57. The standard InChI is InChI=1S/C13H15NO3/c1-9-3-4-10(2)12(7-9)17-13(16)14-6-5-11(15)8-14/h3-4,7H,5-6,8H2,1-2H3. The maximum Gasteiger partial charge on any atom is 0.415 e. The summed E-state index contributed by atoms with van der Waals surface area (Å²) >= 11 is 0. The van der Waals surface area contributed by atoms with Crippen molar-refractivity contribution in [2.24, 2.45) is 0 Å². The largest absolute Gasteiger partial charge is 0.415 e. The number of Topliss-reactive ketones (excluding diaryl/α,β-unsaturated/α-hetero) is 1. The quantitative estimate of drug-likeness (QED) is 0.746. The summed E-state index contributed by atoms with van der Waals surface area (Å²) in [6, 6.07) is 5.70. The van der Waals surface area contributed by atoms with Gasteiger partial charge in [0.05, 0.1) is 6.54 Å². The first-order valence-electron chi connectivity index (χ1n) is 5.62. The van der Waals surface area contributed by atoms with Crippen LogP contribution in [0.25, 0.3) is 0 Å². The molecular weight excluding hydrogens is 218 g/mol. The molecule has 0 aliphatic carbocycles. The molecule has 17 heavy (non-hydrogen) atoms. The molecule has 1 fully saturated rings. The highest BCUT2D eigenvalue weighted by Gasteiger charge is 2.25. The fourth-order valence-corrected chi connectivity index (χ4v) is 1.76. The molecule has 0 unspecified atom stereocenters. The Kier molecular flexibility index (Phi) is 3.13. The summed E-state index contributed by atoms with van der Waals surface area (Å²) in [6.07, 6.45) is -0.00779. The van der Waals surface area contributed by atoms with Gasteiger partial charge in [0.1, 0.15) is 5.75 Å². The predicted octanol–water partition coefficient (Wildman–Crippen LogP) is 2.08. The molecule has 0 aromatic heterocycles. The fraction of sp³-hybridized carbons (Fsp3) is 0.385. The molecule has 1 aromatic carbocycles. The van der Waals surface area contributed by atoms with Gasteiger partial charge in [-0.3, -0.25) is 4.79 Å². The van der Waals surface area contributed by atoms with Gasteiger partial charge in [0.15, 0.2) is 5.78 Å². The Balaban J connectivity index is 2.07. The van der Waals surface area contributed by atoms with Crippen LogP contribution in [0.1, 0.15) is 17.5 Å². The van der Waals surface area contributed by atoms with Gasteiger partial charge in [0.2, 0.25) is 0 Å². The number of likely N-dealkylation sites (tertiary alicyclic amines) is 1. The number of nitrogens with zero attached hydrogens (tertiary/aromatic N) is 1. The zero-order valence-corrected chi connectivity index (χ0v) is 10.0. The molecule has 1 aromatic rings. The van der Waals surface area contributed by atoms with Gasteiger partial charge in [0, 0.05) is 13.0 Å². The van der Waals surface area contributed by atoms with E-state index in [1.165, 1.54) is 4.90 Å². The molecule has 4 heteroatoms. The van der Waals surface area contributed by atoms with E-state index in [9.17, 15) is 9.59 Å². The SMILES string of the molecule is Cc1ccc(C)c(OC(=O)N2CCC(=O)C2)c1. The van der Waals surface area contributed by atoms with E-state index in [4.69, 9.17) is 4.74 Å². The van der Waals surface area contributed by atoms with Gasteiger partial charge in [-0.1, -0.05) is 12.1 Å². The zero-order valence-electron chi connectivity index (χ0n) is 10.0. The van der Waals surface area contributed by atoms with E-state index in [0.717, 1.165) is 11.1 Å². The van der Waals surface area contributed by atoms with Gasteiger partial charge >= 0.3 is 6.09 Å². The molecule has 0 spiro atoms. The lowest BCUT2D eigenvalue weighted by Crippen LogP contribution is -2.31. The van der Waals surface area contributed by atoms with Gasteiger partial charge < -0.3 is 9.64 Å². The average molecular weight is 233 g/mol. The molecule has 1 saturated heterocycles. The minimum absolute atomic E-state index is 0.0860. The first kappa shape index (κ1) is 11.6. The molecule has 0 radical (unpaired) electrons. The highest BCUT2D eigenvalue weighted by molar-refractivity contribution is 5.87. The van der Waals surface area contributed by atoms with Crippen LogP contribution in [0.15, 0.2) is 18.2 Å². The molecule has 1 aliphatic rings. The van der Waals surface area contributed by atoms with Crippen LogP contribution >= 0.6 is 0 Å². The number of amides is 1. The number of ether oxygens (including phenoxy) is 1. The van der Waals surface area contributed by atoms with Gasteiger partial charge in [-0.25, -0.2) is 4.79 Å². The van der Waals surface area contributed by atoms with E-state index < -0.39 is 6.09 Å². The summed E-state index contributed by atoms with van der Waals surface area (Å²) in [7, 11) is 0. The fourth-order valence-electron chi connectivity index (χ4n) is 1.76. The van der Waals surface area contributed by atoms with Crippen molar-refractivity contribution in [3.05, 3.63) is 29.3 Å². The van der Waals surface area contributed by atoms with Crippen LogP contribution in [-0.4, -0.2) is 29.9 Å². The second-order valence-electron chi connectivity index (χ2n) is 4.35. The highest BCUT2D eigenvalue weighted by atomic mass is 16.6. The minimum atomic E-state index is -0.440. The number of carbonyl (C=O) groups excluding carboxylic acids is 2. The lowest BCUT2D eigenvalue weighted by atomic mass is 10.1. The van der Waals surface area contributed by atoms with Gasteiger partial charge in [0.25, 0.3) is 0 Å². The Morgan fingerprint density at radius 3 is 2.76 bits per heavy atom. The van der Waals surface area contributed by atoms with Crippen LogP contribution in [-0.2, 0) is 4.79 Å². The summed E-state index contributed by atoms with van der Waals surface area (Å²) in [4.78, 5) is 24.3. The van der Waals surface area contributed by atoms with E-state index in [-0.39, 0.29) is 12.3 Å². The Morgan fingerprint density at radius 1 is 1.35 bits per heavy atom. The number of ketones is 1. The predicted molar refractivity (Wildman–Crippen MR) is 63.1 cm³/mol. The van der Waals surface area contributed by atoms with Crippen molar-refractivity contribution >= 4 is 11.9 Å². The van der Waals surface area contributed by atoms with Crippen molar-refractivity contribution in [3.63, 3.8) is 0 Å². The Morgan fingerprint density at radius 2 is 2.12 bits per heavy atom. The summed E-state index contributed by atoms with van der Waals surface area (Å²) in [5.74, 6) is 0.650. The molecule has 0 saturated carbocycles. The monoisotopic (exact) mass is 233 g/mol.